The van der Waals surface area contributed by atoms with Crippen LogP contribution >= 0.6 is 0 Å². The van der Waals surface area contributed by atoms with Crippen molar-refractivity contribution in [1.82, 2.24) is 5.32 Å². The molecule has 136 valence electrons. The molecule has 0 atom stereocenters. The van der Waals surface area contributed by atoms with Crippen molar-refractivity contribution in [3.05, 3.63) is 84.4 Å². The lowest BCUT2D eigenvalue weighted by Gasteiger charge is -2.09. The van der Waals surface area contributed by atoms with Gasteiger partial charge in [-0.1, -0.05) is 24.3 Å². The number of carbonyl (C=O) groups is 2. The van der Waals surface area contributed by atoms with Crippen molar-refractivity contribution in [1.29, 1.82) is 0 Å². The van der Waals surface area contributed by atoms with E-state index in [4.69, 9.17) is 4.74 Å². The van der Waals surface area contributed by atoms with E-state index < -0.39 is 0 Å². The fourth-order valence-electron chi connectivity index (χ4n) is 2.37. The summed E-state index contributed by atoms with van der Waals surface area (Å²) in [4.78, 5) is 23.8. The first-order valence-corrected chi connectivity index (χ1v) is 8.37. The molecule has 3 aromatic rings. The number of ether oxygens (including phenoxy) is 1. The van der Waals surface area contributed by atoms with Crippen molar-refractivity contribution >= 4 is 23.3 Å². The fraction of sp³-hybridized carbons (Fsp3) is 0.0476. The van der Waals surface area contributed by atoms with Crippen molar-refractivity contribution < 1.29 is 14.3 Å². The third kappa shape index (κ3) is 5.09. The molecular weight excluding hydrogens is 342 g/mol. The van der Waals surface area contributed by atoms with Gasteiger partial charge in [0.2, 0.25) is 0 Å². The van der Waals surface area contributed by atoms with Crippen molar-refractivity contribution in [3.63, 3.8) is 0 Å². The average molecular weight is 361 g/mol. The summed E-state index contributed by atoms with van der Waals surface area (Å²) in [6.07, 6.45) is 0. The summed E-state index contributed by atoms with van der Waals surface area (Å²) in [5.74, 6) is 1.13. The highest BCUT2D eigenvalue weighted by atomic mass is 16.5. The lowest BCUT2D eigenvalue weighted by Crippen LogP contribution is -2.24. The summed E-state index contributed by atoms with van der Waals surface area (Å²) in [7, 11) is 1.53. The van der Waals surface area contributed by atoms with Crippen LogP contribution in [0.15, 0.2) is 78.9 Å². The third-order valence-electron chi connectivity index (χ3n) is 3.70. The minimum atomic E-state index is -0.326. The van der Waals surface area contributed by atoms with Gasteiger partial charge in [0.1, 0.15) is 11.5 Å². The highest BCUT2D eigenvalue weighted by molar-refractivity contribution is 6.04. The number of rotatable bonds is 5. The number of hydrogen-bond acceptors (Lipinski definition) is 3. The molecule has 0 spiro atoms. The Labute approximate surface area is 157 Å². The summed E-state index contributed by atoms with van der Waals surface area (Å²) < 4.78 is 5.72. The molecule has 0 fully saturated rings. The van der Waals surface area contributed by atoms with Crippen LogP contribution in [0.5, 0.6) is 11.5 Å². The maximum Gasteiger partial charge on any atom is 0.318 e. The Balaban J connectivity index is 1.64. The molecule has 27 heavy (non-hydrogen) atoms. The molecular formula is C21H19N3O3. The number of para-hydroxylation sites is 1. The van der Waals surface area contributed by atoms with Crippen LogP contribution in [0.4, 0.5) is 16.2 Å². The molecule has 0 unspecified atom stereocenters. The number of amides is 3. The molecule has 0 heterocycles. The quantitative estimate of drug-likeness (QED) is 0.627. The zero-order valence-corrected chi connectivity index (χ0v) is 14.7. The Morgan fingerprint density at radius 3 is 2.04 bits per heavy atom. The number of hydrogen-bond donors (Lipinski definition) is 3. The highest BCUT2D eigenvalue weighted by Crippen LogP contribution is 2.22. The maximum absolute atomic E-state index is 12.4. The van der Waals surface area contributed by atoms with Crippen molar-refractivity contribution in [3.8, 4) is 11.5 Å². The lowest BCUT2D eigenvalue weighted by molar-refractivity contribution is 0.102. The van der Waals surface area contributed by atoms with E-state index >= 15 is 0 Å². The molecule has 3 amide bonds. The molecule has 3 rings (SSSR count). The largest absolute Gasteiger partial charge is 0.457 e. The van der Waals surface area contributed by atoms with Gasteiger partial charge in [0.25, 0.3) is 5.91 Å². The van der Waals surface area contributed by atoms with E-state index in [-0.39, 0.29) is 11.9 Å². The average Bonchev–Trinajstić information content (AvgIpc) is 2.69. The van der Waals surface area contributed by atoms with E-state index in [2.05, 4.69) is 16.0 Å². The molecule has 0 radical (unpaired) electrons. The molecule has 0 aliphatic carbocycles. The van der Waals surface area contributed by atoms with E-state index in [1.807, 2.05) is 30.3 Å². The van der Waals surface area contributed by atoms with Gasteiger partial charge in [0.15, 0.2) is 0 Å². The van der Waals surface area contributed by atoms with Crippen molar-refractivity contribution in [2.45, 2.75) is 0 Å². The first kappa shape index (κ1) is 18.0. The molecule has 6 heteroatoms. The predicted molar refractivity (Wildman–Crippen MR) is 105 cm³/mol. The van der Waals surface area contributed by atoms with Crippen LogP contribution in [0, 0.1) is 0 Å². The summed E-state index contributed by atoms with van der Waals surface area (Å²) in [6, 6.07) is 22.9. The molecule has 3 N–H and O–H groups in total. The second-order valence-corrected chi connectivity index (χ2v) is 5.68. The van der Waals surface area contributed by atoms with Crippen LogP contribution in [0.25, 0.3) is 0 Å². The van der Waals surface area contributed by atoms with Gasteiger partial charge in [-0.15, -0.1) is 0 Å². The van der Waals surface area contributed by atoms with E-state index in [1.165, 1.54) is 7.05 Å². The number of anilines is 2. The minimum absolute atomic E-state index is 0.252. The zero-order valence-electron chi connectivity index (χ0n) is 14.7. The smallest absolute Gasteiger partial charge is 0.318 e. The van der Waals surface area contributed by atoms with E-state index in [0.29, 0.717) is 22.7 Å². The van der Waals surface area contributed by atoms with Gasteiger partial charge in [-0.2, -0.15) is 0 Å². The molecule has 0 saturated carbocycles. The normalized spacial score (nSPS) is 9.96. The first-order chi connectivity index (χ1) is 13.1. The van der Waals surface area contributed by atoms with Crippen LogP contribution in [0.1, 0.15) is 10.4 Å². The van der Waals surface area contributed by atoms with Crippen LogP contribution in [0.2, 0.25) is 0 Å². The number of nitrogens with one attached hydrogen (secondary N) is 3. The van der Waals surface area contributed by atoms with Gasteiger partial charge >= 0.3 is 6.03 Å². The minimum Gasteiger partial charge on any atom is -0.457 e. The summed E-state index contributed by atoms with van der Waals surface area (Å²) in [5.41, 5.74) is 1.66. The monoisotopic (exact) mass is 361 g/mol. The van der Waals surface area contributed by atoms with Crippen LogP contribution < -0.4 is 20.7 Å². The molecule has 0 aliphatic rings. The molecule has 3 aromatic carbocycles. The zero-order chi connectivity index (χ0) is 19.1. The Hall–Kier alpha value is -3.80. The van der Waals surface area contributed by atoms with Crippen LogP contribution in [-0.2, 0) is 0 Å². The van der Waals surface area contributed by atoms with E-state index in [1.54, 1.807) is 48.5 Å². The van der Waals surface area contributed by atoms with Crippen LogP contribution in [-0.4, -0.2) is 19.0 Å². The SMILES string of the molecule is CNC(=O)Nc1cccc(NC(=O)c2ccc(Oc3ccccc3)cc2)c1. The first-order valence-electron chi connectivity index (χ1n) is 8.37. The molecule has 6 nitrogen and oxygen atoms in total. The predicted octanol–water partition coefficient (Wildman–Crippen LogP) is 4.48. The van der Waals surface area contributed by atoms with Gasteiger partial charge < -0.3 is 20.7 Å². The van der Waals surface area contributed by atoms with Crippen LogP contribution in [0.3, 0.4) is 0 Å². The van der Waals surface area contributed by atoms with E-state index in [9.17, 15) is 9.59 Å². The Morgan fingerprint density at radius 2 is 1.37 bits per heavy atom. The highest BCUT2D eigenvalue weighted by Gasteiger charge is 2.08. The van der Waals surface area contributed by atoms with Gasteiger partial charge in [-0.25, -0.2) is 4.79 Å². The summed E-state index contributed by atoms with van der Waals surface area (Å²) in [5, 5.41) is 7.94. The summed E-state index contributed by atoms with van der Waals surface area (Å²) >= 11 is 0. The number of urea groups is 1. The second-order valence-electron chi connectivity index (χ2n) is 5.68. The fourth-order valence-corrected chi connectivity index (χ4v) is 2.37. The molecule has 0 bridgehead atoms. The Kier molecular flexibility index (Phi) is 5.69. The van der Waals surface area contributed by atoms with Gasteiger partial charge in [0, 0.05) is 24.0 Å². The van der Waals surface area contributed by atoms with Crippen molar-refractivity contribution in [2.24, 2.45) is 0 Å². The van der Waals surface area contributed by atoms with E-state index in [0.717, 1.165) is 5.75 Å². The second kappa shape index (κ2) is 8.53. The number of carbonyl (C=O) groups excluding carboxylic acids is 2. The Bertz CT molecular complexity index is 925. The third-order valence-corrected chi connectivity index (χ3v) is 3.70. The summed E-state index contributed by atoms with van der Waals surface area (Å²) in [6.45, 7) is 0. The topological polar surface area (TPSA) is 79.5 Å². The standard InChI is InChI=1S/C21H19N3O3/c1-22-21(26)24-17-7-5-6-16(14-17)23-20(25)15-10-12-19(13-11-15)27-18-8-3-2-4-9-18/h2-14H,1H3,(H,23,25)(H2,22,24,26). The number of benzene rings is 3. The lowest BCUT2D eigenvalue weighted by atomic mass is 10.2. The molecule has 0 aliphatic heterocycles. The van der Waals surface area contributed by atoms with Crippen molar-refractivity contribution in [2.75, 3.05) is 17.7 Å². The molecule has 0 saturated heterocycles. The Morgan fingerprint density at radius 1 is 0.741 bits per heavy atom. The van der Waals surface area contributed by atoms with Gasteiger partial charge in [-0.05, 0) is 54.6 Å². The molecule has 0 aromatic heterocycles. The van der Waals surface area contributed by atoms with Gasteiger partial charge in [0.05, 0.1) is 0 Å². The van der Waals surface area contributed by atoms with Gasteiger partial charge in [-0.3, -0.25) is 4.79 Å². The maximum atomic E-state index is 12.4.